The van der Waals surface area contributed by atoms with Crippen LogP contribution in [-0.4, -0.2) is 36.7 Å². The third-order valence-corrected chi connectivity index (χ3v) is 5.84. The zero-order valence-electron chi connectivity index (χ0n) is 16.3. The van der Waals surface area contributed by atoms with Gasteiger partial charge in [0.1, 0.15) is 18.2 Å². The lowest BCUT2D eigenvalue weighted by molar-refractivity contribution is -0.119. The molecule has 0 atom stereocenters. The summed E-state index contributed by atoms with van der Waals surface area (Å²) in [6.07, 6.45) is 4.53. The van der Waals surface area contributed by atoms with Gasteiger partial charge in [0.2, 0.25) is 15.9 Å². The summed E-state index contributed by atoms with van der Waals surface area (Å²) in [6.45, 7) is 1.67. The number of nitrogens with zero attached hydrogens (tertiary/aromatic N) is 3. The lowest BCUT2D eigenvalue weighted by Gasteiger charge is -2.22. The topological polar surface area (TPSA) is 84.3 Å². The number of rotatable bonds is 7. The summed E-state index contributed by atoms with van der Waals surface area (Å²) in [5, 5.41) is 2.46. The molecule has 3 rings (SSSR count). The third-order valence-electron chi connectivity index (χ3n) is 4.41. The van der Waals surface area contributed by atoms with Gasteiger partial charge in [-0.25, -0.2) is 17.8 Å². The number of hydrogen-bond acceptors (Lipinski definition) is 4. The second-order valence-electron chi connectivity index (χ2n) is 6.66. The lowest BCUT2D eigenvalue weighted by Crippen LogP contribution is -2.40. The maximum Gasteiger partial charge on any atom is 0.241 e. The number of benzene rings is 2. The minimum atomic E-state index is -3.78. The molecule has 1 heterocycles. The van der Waals surface area contributed by atoms with E-state index in [0.717, 1.165) is 33.7 Å². The predicted molar refractivity (Wildman–Crippen MR) is 114 cm³/mol. The fourth-order valence-electron chi connectivity index (χ4n) is 2.85. The van der Waals surface area contributed by atoms with Crippen LogP contribution in [0.2, 0.25) is 5.02 Å². The minimum absolute atomic E-state index is 0.110. The molecule has 1 N–H and O–H groups in total. The van der Waals surface area contributed by atoms with Gasteiger partial charge in [-0.05, 0) is 42.8 Å². The van der Waals surface area contributed by atoms with Crippen LogP contribution in [0.4, 0.5) is 10.1 Å². The number of carbonyl (C=O) groups excluding carboxylic acids is 1. The number of aromatic nitrogens is 2. The van der Waals surface area contributed by atoms with Gasteiger partial charge in [-0.3, -0.25) is 9.10 Å². The van der Waals surface area contributed by atoms with Crippen LogP contribution in [0.15, 0.2) is 54.9 Å². The van der Waals surface area contributed by atoms with Gasteiger partial charge in [0.25, 0.3) is 0 Å². The third kappa shape index (κ3) is 5.17. The number of anilines is 1. The van der Waals surface area contributed by atoms with Gasteiger partial charge in [0.05, 0.1) is 17.0 Å². The molecule has 7 nitrogen and oxygen atoms in total. The van der Waals surface area contributed by atoms with Crippen molar-refractivity contribution >= 4 is 33.2 Å². The van der Waals surface area contributed by atoms with Crippen molar-refractivity contribution in [1.82, 2.24) is 14.9 Å². The van der Waals surface area contributed by atoms with E-state index in [1.807, 2.05) is 42.0 Å². The molecule has 0 aliphatic rings. The maximum absolute atomic E-state index is 13.4. The zero-order valence-corrected chi connectivity index (χ0v) is 17.9. The summed E-state index contributed by atoms with van der Waals surface area (Å²) in [7, 11) is -3.78. The normalized spacial score (nSPS) is 11.3. The number of amides is 1. The predicted octanol–water partition coefficient (Wildman–Crippen LogP) is 3.06. The fourth-order valence-corrected chi connectivity index (χ4v) is 3.88. The van der Waals surface area contributed by atoms with E-state index in [4.69, 9.17) is 11.6 Å². The smallest absolute Gasteiger partial charge is 0.241 e. The maximum atomic E-state index is 13.4. The lowest BCUT2D eigenvalue weighted by atomic mass is 10.2. The van der Waals surface area contributed by atoms with Gasteiger partial charge < -0.3 is 9.88 Å². The Kier molecular flexibility index (Phi) is 6.42. The van der Waals surface area contributed by atoms with Crippen molar-refractivity contribution in [3.05, 3.63) is 77.1 Å². The van der Waals surface area contributed by atoms with Gasteiger partial charge in [-0.1, -0.05) is 23.7 Å². The van der Waals surface area contributed by atoms with Gasteiger partial charge >= 0.3 is 0 Å². The van der Waals surface area contributed by atoms with Crippen LogP contribution in [0.3, 0.4) is 0 Å². The zero-order chi connectivity index (χ0) is 21.9. The van der Waals surface area contributed by atoms with Crippen LogP contribution in [-0.2, 0) is 21.4 Å². The van der Waals surface area contributed by atoms with Crippen molar-refractivity contribution in [1.29, 1.82) is 0 Å². The van der Waals surface area contributed by atoms with E-state index < -0.39 is 28.3 Å². The Bertz CT molecular complexity index is 1160. The Morgan fingerprint density at radius 1 is 1.23 bits per heavy atom. The number of carbonyl (C=O) groups is 1. The van der Waals surface area contributed by atoms with E-state index in [9.17, 15) is 17.6 Å². The summed E-state index contributed by atoms with van der Waals surface area (Å²) in [4.78, 5) is 16.5. The van der Waals surface area contributed by atoms with Gasteiger partial charge in [0, 0.05) is 24.6 Å². The monoisotopic (exact) mass is 450 g/mol. The molecule has 0 unspecified atom stereocenters. The second kappa shape index (κ2) is 8.85. The molecule has 30 heavy (non-hydrogen) atoms. The quantitative estimate of drug-likeness (QED) is 0.599. The fraction of sp³-hybridized carbons (Fsp3) is 0.200. The molecule has 0 radical (unpaired) electrons. The van der Waals surface area contributed by atoms with Gasteiger partial charge in [-0.2, -0.15) is 0 Å². The number of halogens is 2. The van der Waals surface area contributed by atoms with E-state index in [1.165, 1.54) is 12.1 Å². The van der Waals surface area contributed by atoms with Crippen LogP contribution in [0.1, 0.15) is 11.4 Å². The Balaban J connectivity index is 1.66. The van der Waals surface area contributed by atoms with Crippen molar-refractivity contribution in [2.24, 2.45) is 0 Å². The molecule has 0 saturated carbocycles. The summed E-state index contributed by atoms with van der Waals surface area (Å²) < 4.78 is 40.4. The molecule has 0 bridgehead atoms. The largest absolute Gasteiger partial charge is 0.350 e. The van der Waals surface area contributed by atoms with Crippen molar-refractivity contribution < 1.29 is 17.6 Å². The molecule has 1 aromatic heterocycles. The first-order valence-corrected chi connectivity index (χ1v) is 11.2. The Morgan fingerprint density at radius 3 is 2.50 bits per heavy atom. The van der Waals surface area contributed by atoms with E-state index in [2.05, 4.69) is 10.3 Å². The van der Waals surface area contributed by atoms with E-state index in [0.29, 0.717) is 0 Å². The molecule has 0 aliphatic carbocycles. The second-order valence-corrected chi connectivity index (χ2v) is 8.97. The number of hydrogen-bond donors (Lipinski definition) is 1. The first-order chi connectivity index (χ1) is 14.1. The highest BCUT2D eigenvalue weighted by atomic mass is 35.5. The molecule has 0 fully saturated rings. The molecule has 0 saturated heterocycles. The number of sulfonamides is 1. The standard InChI is InChI=1S/C20H20ClFN4O3S/c1-14-23-9-10-25(14)16-5-3-15(4-6-16)12-24-20(27)13-26(30(2,28)29)17-7-8-19(22)18(21)11-17/h3-11H,12-13H2,1-2H3,(H,24,27). The molecule has 2 aromatic carbocycles. The van der Waals surface area contributed by atoms with Crippen molar-refractivity contribution in [3.8, 4) is 5.69 Å². The van der Waals surface area contributed by atoms with Crippen molar-refractivity contribution in [2.45, 2.75) is 13.5 Å². The molecule has 0 aliphatic heterocycles. The van der Waals surface area contributed by atoms with Crippen LogP contribution < -0.4 is 9.62 Å². The summed E-state index contributed by atoms with van der Waals surface area (Å²) >= 11 is 5.74. The van der Waals surface area contributed by atoms with Crippen LogP contribution in [0, 0.1) is 12.7 Å². The van der Waals surface area contributed by atoms with Crippen molar-refractivity contribution in [3.63, 3.8) is 0 Å². The summed E-state index contributed by atoms with van der Waals surface area (Å²) in [6, 6.07) is 11.0. The highest BCUT2D eigenvalue weighted by Gasteiger charge is 2.21. The van der Waals surface area contributed by atoms with Gasteiger partial charge in [-0.15, -0.1) is 0 Å². The molecule has 158 valence electrons. The number of nitrogens with one attached hydrogen (secondary N) is 1. The number of aryl methyl sites for hydroxylation is 1. The molecule has 1 amide bonds. The van der Waals surface area contributed by atoms with E-state index in [1.54, 1.807) is 6.20 Å². The molecular weight excluding hydrogens is 431 g/mol. The molecule has 10 heteroatoms. The van der Waals surface area contributed by atoms with Gasteiger partial charge in [0.15, 0.2) is 0 Å². The highest BCUT2D eigenvalue weighted by molar-refractivity contribution is 7.92. The summed E-state index contributed by atoms with van der Waals surface area (Å²) in [5.74, 6) is -0.319. The average Bonchev–Trinajstić information content (AvgIpc) is 3.12. The molecular formula is C20H20ClFN4O3S. The molecule has 3 aromatic rings. The first kappa shape index (κ1) is 21.8. The summed E-state index contributed by atoms with van der Waals surface area (Å²) in [5.41, 5.74) is 1.90. The first-order valence-electron chi connectivity index (χ1n) is 8.94. The van der Waals surface area contributed by atoms with E-state index >= 15 is 0 Å². The Hall–Kier alpha value is -2.91. The number of imidazole rings is 1. The molecule has 0 spiro atoms. The Labute approximate surface area is 179 Å². The van der Waals surface area contributed by atoms with Crippen LogP contribution in [0.25, 0.3) is 5.69 Å². The Morgan fingerprint density at radius 2 is 1.93 bits per heavy atom. The van der Waals surface area contributed by atoms with Crippen LogP contribution in [0.5, 0.6) is 0 Å². The SMILES string of the molecule is Cc1nccn1-c1ccc(CNC(=O)CN(c2ccc(F)c(Cl)c2)S(C)(=O)=O)cc1. The van der Waals surface area contributed by atoms with Crippen LogP contribution >= 0.6 is 11.6 Å². The van der Waals surface area contributed by atoms with Crippen molar-refractivity contribution in [2.75, 3.05) is 17.1 Å². The average molecular weight is 451 g/mol. The highest BCUT2D eigenvalue weighted by Crippen LogP contribution is 2.24. The van der Waals surface area contributed by atoms with E-state index in [-0.39, 0.29) is 17.3 Å². The minimum Gasteiger partial charge on any atom is -0.350 e.